The Hall–Kier alpha value is -1.36. The quantitative estimate of drug-likeness (QED) is 0.877. The van der Waals surface area contributed by atoms with E-state index in [9.17, 15) is 5.11 Å². The molecule has 1 N–H and O–H groups in total. The van der Waals surface area contributed by atoms with E-state index in [0.717, 1.165) is 44.0 Å². The molecule has 1 aliphatic heterocycles. The Morgan fingerprint density at radius 2 is 2.32 bits per heavy atom. The Morgan fingerprint density at radius 1 is 1.47 bits per heavy atom. The Labute approximate surface area is 115 Å². The van der Waals surface area contributed by atoms with E-state index < -0.39 is 0 Å². The molecule has 0 bridgehead atoms. The molecular formula is C14H24N4O. The smallest absolute Gasteiger partial charge is 0.134 e. The lowest BCUT2D eigenvalue weighted by molar-refractivity contribution is 0.154. The first-order chi connectivity index (χ1) is 9.20. The number of nitrogens with zero attached hydrogens (tertiary/aromatic N) is 4. The molecule has 0 aromatic carbocycles. The van der Waals surface area contributed by atoms with Gasteiger partial charge in [0, 0.05) is 32.7 Å². The van der Waals surface area contributed by atoms with Crippen LogP contribution in [0.3, 0.4) is 0 Å². The standard InChI is InChI=1S/C14H24N4O/c1-3-4-7-17(2)13-9-14(16-11-15-13)18-8-5-6-12(19)10-18/h9,11-12,19H,3-8,10H2,1-2H3. The van der Waals surface area contributed by atoms with Crippen molar-refractivity contribution in [2.45, 2.75) is 38.7 Å². The third kappa shape index (κ3) is 3.80. The van der Waals surface area contributed by atoms with E-state index in [4.69, 9.17) is 0 Å². The number of anilines is 2. The van der Waals surface area contributed by atoms with Gasteiger partial charge in [0.15, 0.2) is 0 Å². The number of piperidine rings is 1. The van der Waals surface area contributed by atoms with Crippen molar-refractivity contribution in [3.8, 4) is 0 Å². The average Bonchev–Trinajstić information content (AvgIpc) is 2.45. The van der Waals surface area contributed by atoms with E-state index in [1.807, 2.05) is 6.07 Å². The molecule has 5 nitrogen and oxygen atoms in total. The monoisotopic (exact) mass is 264 g/mol. The van der Waals surface area contributed by atoms with Crippen LogP contribution in [0.25, 0.3) is 0 Å². The maximum Gasteiger partial charge on any atom is 0.134 e. The largest absolute Gasteiger partial charge is 0.391 e. The molecule has 0 radical (unpaired) electrons. The molecule has 2 rings (SSSR count). The molecule has 0 aliphatic carbocycles. The molecule has 1 unspecified atom stereocenters. The van der Waals surface area contributed by atoms with Crippen molar-refractivity contribution in [3.05, 3.63) is 12.4 Å². The molecular weight excluding hydrogens is 240 g/mol. The van der Waals surface area contributed by atoms with Crippen molar-refractivity contribution < 1.29 is 5.11 Å². The van der Waals surface area contributed by atoms with Crippen molar-refractivity contribution in [2.24, 2.45) is 0 Å². The second-order valence-corrected chi connectivity index (χ2v) is 5.25. The Kier molecular flexibility index (Phi) is 4.96. The highest BCUT2D eigenvalue weighted by Crippen LogP contribution is 2.20. The van der Waals surface area contributed by atoms with E-state index >= 15 is 0 Å². The minimum Gasteiger partial charge on any atom is -0.391 e. The summed E-state index contributed by atoms with van der Waals surface area (Å²) in [5, 5.41) is 9.74. The van der Waals surface area contributed by atoms with Gasteiger partial charge in [-0.25, -0.2) is 9.97 Å². The number of aromatic nitrogens is 2. The van der Waals surface area contributed by atoms with Gasteiger partial charge in [-0.15, -0.1) is 0 Å². The lowest BCUT2D eigenvalue weighted by Crippen LogP contribution is -2.38. The zero-order valence-corrected chi connectivity index (χ0v) is 11.9. The first-order valence-electron chi connectivity index (χ1n) is 7.17. The van der Waals surface area contributed by atoms with Crippen molar-refractivity contribution in [1.29, 1.82) is 0 Å². The summed E-state index contributed by atoms with van der Waals surface area (Å²) in [5.41, 5.74) is 0. The first-order valence-corrected chi connectivity index (χ1v) is 7.17. The molecule has 1 aromatic rings. The van der Waals surface area contributed by atoms with Crippen LogP contribution in [0.2, 0.25) is 0 Å². The Bertz CT molecular complexity index is 399. The van der Waals surface area contributed by atoms with Crippen LogP contribution >= 0.6 is 0 Å². The maximum atomic E-state index is 9.74. The van der Waals surface area contributed by atoms with Crippen LogP contribution < -0.4 is 9.80 Å². The van der Waals surface area contributed by atoms with Gasteiger partial charge in [0.25, 0.3) is 0 Å². The third-order valence-electron chi connectivity index (χ3n) is 3.60. The second kappa shape index (κ2) is 6.70. The van der Waals surface area contributed by atoms with Gasteiger partial charge in [-0.05, 0) is 19.3 Å². The SMILES string of the molecule is CCCCN(C)c1cc(N2CCCC(O)C2)ncn1. The minimum absolute atomic E-state index is 0.231. The lowest BCUT2D eigenvalue weighted by Gasteiger charge is -2.31. The molecule has 1 atom stereocenters. The normalized spacial score (nSPS) is 19.5. The van der Waals surface area contributed by atoms with Crippen LogP contribution in [-0.2, 0) is 0 Å². The van der Waals surface area contributed by atoms with Crippen molar-refractivity contribution >= 4 is 11.6 Å². The molecule has 5 heteroatoms. The fourth-order valence-electron chi connectivity index (χ4n) is 2.39. The molecule has 0 spiro atoms. The molecule has 106 valence electrons. The van der Waals surface area contributed by atoms with Crippen molar-refractivity contribution in [3.63, 3.8) is 0 Å². The molecule has 0 saturated carbocycles. The average molecular weight is 264 g/mol. The van der Waals surface area contributed by atoms with Crippen molar-refractivity contribution in [2.75, 3.05) is 36.5 Å². The molecule has 1 fully saturated rings. The number of rotatable bonds is 5. The lowest BCUT2D eigenvalue weighted by atomic mass is 10.1. The minimum atomic E-state index is -0.231. The van der Waals surface area contributed by atoms with E-state index in [1.54, 1.807) is 6.33 Å². The fourth-order valence-corrected chi connectivity index (χ4v) is 2.39. The Morgan fingerprint density at radius 3 is 3.05 bits per heavy atom. The van der Waals surface area contributed by atoms with E-state index in [0.29, 0.717) is 6.54 Å². The first kappa shape index (κ1) is 14.1. The van der Waals surface area contributed by atoms with Crippen LogP contribution in [0.15, 0.2) is 12.4 Å². The summed E-state index contributed by atoms with van der Waals surface area (Å²) in [4.78, 5) is 13.0. The number of hydrogen-bond acceptors (Lipinski definition) is 5. The number of aliphatic hydroxyl groups excluding tert-OH is 1. The predicted octanol–water partition coefficient (Wildman–Crippen LogP) is 1.67. The molecule has 1 saturated heterocycles. The summed E-state index contributed by atoms with van der Waals surface area (Å²) in [7, 11) is 2.06. The molecule has 2 heterocycles. The van der Waals surface area contributed by atoms with Gasteiger partial charge in [0.2, 0.25) is 0 Å². The van der Waals surface area contributed by atoms with Crippen molar-refractivity contribution in [1.82, 2.24) is 9.97 Å². The fraction of sp³-hybridized carbons (Fsp3) is 0.714. The van der Waals surface area contributed by atoms with Crippen LogP contribution in [0, 0.1) is 0 Å². The zero-order chi connectivity index (χ0) is 13.7. The summed E-state index contributed by atoms with van der Waals surface area (Å²) >= 11 is 0. The van der Waals surface area contributed by atoms with E-state index in [1.165, 1.54) is 6.42 Å². The van der Waals surface area contributed by atoms with Gasteiger partial charge in [-0.2, -0.15) is 0 Å². The van der Waals surface area contributed by atoms with Gasteiger partial charge in [-0.1, -0.05) is 13.3 Å². The molecule has 0 amide bonds. The maximum absolute atomic E-state index is 9.74. The third-order valence-corrected chi connectivity index (χ3v) is 3.60. The number of β-amino-alcohol motifs (C(OH)–C–C–N with tert-alkyl or cyclic N) is 1. The molecule has 19 heavy (non-hydrogen) atoms. The van der Waals surface area contributed by atoms with Gasteiger partial charge >= 0.3 is 0 Å². The zero-order valence-electron chi connectivity index (χ0n) is 11.9. The summed E-state index contributed by atoms with van der Waals surface area (Å²) in [5.74, 6) is 1.88. The number of aliphatic hydroxyl groups is 1. The van der Waals surface area contributed by atoms with Gasteiger partial charge in [0.05, 0.1) is 6.10 Å². The Balaban J connectivity index is 2.05. The van der Waals surface area contributed by atoms with Gasteiger partial charge in [0.1, 0.15) is 18.0 Å². The number of unbranched alkanes of at least 4 members (excludes halogenated alkanes) is 1. The van der Waals surface area contributed by atoms with Gasteiger partial charge in [-0.3, -0.25) is 0 Å². The highest BCUT2D eigenvalue weighted by atomic mass is 16.3. The summed E-state index contributed by atoms with van der Waals surface area (Å²) < 4.78 is 0. The topological polar surface area (TPSA) is 52.5 Å². The summed E-state index contributed by atoms with van der Waals surface area (Å²) in [6.07, 6.45) is 5.65. The van der Waals surface area contributed by atoms with Crippen LogP contribution in [0.4, 0.5) is 11.6 Å². The highest BCUT2D eigenvalue weighted by Gasteiger charge is 2.19. The second-order valence-electron chi connectivity index (χ2n) is 5.25. The van der Waals surface area contributed by atoms with Crippen LogP contribution in [0.1, 0.15) is 32.6 Å². The predicted molar refractivity (Wildman–Crippen MR) is 77.7 cm³/mol. The molecule has 1 aliphatic rings. The summed E-state index contributed by atoms with van der Waals surface area (Å²) in [6.45, 7) is 4.84. The number of hydrogen-bond donors (Lipinski definition) is 1. The van der Waals surface area contributed by atoms with E-state index in [2.05, 4.69) is 33.7 Å². The highest BCUT2D eigenvalue weighted by molar-refractivity contribution is 5.50. The molecule has 1 aromatic heterocycles. The van der Waals surface area contributed by atoms with E-state index in [-0.39, 0.29) is 6.10 Å². The van der Waals surface area contributed by atoms with Crippen LogP contribution in [0.5, 0.6) is 0 Å². The summed E-state index contributed by atoms with van der Waals surface area (Å²) in [6, 6.07) is 2.02. The van der Waals surface area contributed by atoms with Gasteiger partial charge < -0.3 is 14.9 Å². The van der Waals surface area contributed by atoms with Crippen LogP contribution in [-0.4, -0.2) is 47.9 Å².